The van der Waals surface area contributed by atoms with Gasteiger partial charge in [0.25, 0.3) is 0 Å². The SMILES string of the molecule is CCOC(=O)C1=C(CN2CCN(C(=O)CC)[C@H](C)C2)N(CC)C(=O)N[C@H]1c1ccc(F)cc1. The van der Waals surface area contributed by atoms with Gasteiger partial charge in [0, 0.05) is 50.9 Å². The third kappa shape index (κ3) is 5.35. The minimum absolute atomic E-state index is 0.0261. The Bertz CT molecular complexity index is 918. The first-order valence-corrected chi connectivity index (χ1v) is 11.6. The highest BCUT2D eigenvalue weighted by atomic mass is 19.1. The van der Waals surface area contributed by atoms with Gasteiger partial charge in [-0.05, 0) is 38.5 Å². The summed E-state index contributed by atoms with van der Waals surface area (Å²) in [7, 11) is 0. The Hall–Kier alpha value is -2.94. The van der Waals surface area contributed by atoms with Crippen molar-refractivity contribution < 1.29 is 23.5 Å². The van der Waals surface area contributed by atoms with Crippen molar-refractivity contribution >= 4 is 17.9 Å². The summed E-state index contributed by atoms with van der Waals surface area (Å²) in [6.07, 6.45) is 0.464. The van der Waals surface area contributed by atoms with Crippen LogP contribution in [-0.4, -0.2) is 78.0 Å². The summed E-state index contributed by atoms with van der Waals surface area (Å²) >= 11 is 0. The second-order valence-electron chi connectivity index (χ2n) is 8.28. The molecule has 33 heavy (non-hydrogen) atoms. The predicted octanol–water partition coefficient (Wildman–Crippen LogP) is 2.67. The summed E-state index contributed by atoms with van der Waals surface area (Å²) < 4.78 is 18.9. The lowest BCUT2D eigenvalue weighted by molar-refractivity contribution is -0.139. The normalized spacial score (nSPS) is 21.8. The van der Waals surface area contributed by atoms with Crippen LogP contribution in [0.2, 0.25) is 0 Å². The maximum absolute atomic E-state index is 13.5. The number of nitrogens with zero attached hydrogens (tertiary/aromatic N) is 3. The first-order chi connectivity index (χ1) is 15.8. The molecule has 2 heterocycles. The van der Waals surface area contributed by atoms with Crippen LogP contribution >= 0.6 is 0 Å². The van der Waals surface area contributed by atoms with E-state index < -0.39 is 17.8 Å². The Balaban J connectivity index is 1.98. The van der Waals surface area contributed by atoms with E-state index in [1.807, 2.05) is 25.7 Å². The molecule has 2 aliphatic rings. The number of rotatable bonds is 7. The van der Waals surface area contributed by atoms with Crippen LogP contribution in [0, 0.1) is 5.82 Å². The van der Waals surface area contributed by atoms with E-state index in [2.05, 4.69) is 10.2 Å². The average molecular weight is 461 g/mol. The van der Waals surface area contributed by atoms with E-state index in [1.54, 1.807) is 24.0 Å². The van der Waals surface area contributed by atoms with Crippen LogP contribution in [0.15, 0.2) is 35.5 Å². The summed E-state index contributed by atoms with van der Waals surface area (Å²) in [5, 5.41) is 2.88. The molecule has 1 fully saturated rings. The molecule has 2 aliphatic heterocycles. The number of piperazine rings is 1. The van der Waals surface area contributed by atoms with E-state index >= 15 is 0 Å². The van der Waals surface area contributed by atoms with Crippen LogP contribution < -0.4 is 5.32 Å². The Morgan fingerprint density at radius 3 is 2.42 bits per heavy atom. The number of urea groups is 1. The maximum Gasteiger partial charge on any atom is 0.338 e. The number of hydrogen-bond acceptors (Lipinski definition) is 5. The van der Waals surface area contributed by atoms with Crippen LogP contribution in [0.1, 0.15) is 45.7 Å². The van der Waals surface area contributed by atoms with Gasteiger partial charge >= 0.3 is 12.0 Å². The second kappa shape index (κ2) is 10.8. The molecular formula is C24H33FN4O4. The summed E-state index contributed by atoms with van der Waals surface area (Å²) in [6.45, 7) is 10.2. The Labute approximate surface area is 194 Å². The first kappa shape index (κ1) is 24.7. The van der Waals surface area contributed by atoms with E-state index in [0.717, 1.165) is 0 Å². The lowest BCUT2D eigenvalue weighted by Gasteiger charge is -2.43. The van der Waals surface area contributed by atoms with Crippen molar-refractivity contribution in [2.24, 2.45) is 0 Å². The zero-order valence-electron chi connectivity index (χ0n) is 19.8. The summed E-state index contributed by atoms with van der Waals surface area (Å²) in [5.74, 6) is -0.781. The number of esters is 1. The zero-order valence-corrected chi connectivity index (χ0v) is 19.8. The number of nitrogens with one attached hydrogen (secondary N) is 1. The van der Waals surface area contributed by atoms with Crippen molar-refractivity contribution in [1.82, 2.24) is 20.0 Å². The van der Waals surface area contributed by atoms with E-state index in [0.29, 0.717) is 56.0 Å². The van der Waals surface area contributed by atoms with Gasteiger partial charge in [-0.3, -0.25) is 14.6 Å². The van der Waals surface area contributed by atoms with Crippen LogP contribution in [0.25, 0.3) is 0 Å². The molecule has 0 aliphatic carbocycles. The van der Waals surface area contributed by atoms with Gasteiger partial charge in [0.1, 0.15) is 5.82 Å². The number of amides is 3. The van der Waals surface area contributed by atoms with Gasteiger partial charge in [-0.2, -0.15) is 0 Å². The van der Waals surface area contributed by atoms with E-state index in [4.69, 9.17) is 4.74 Å². The van der Waals surface area contributed by atoms with E-state index in [-0.39, 0.29) is 24.6 Å². The number of halogens is 1. The lowest BCUT2D eigenvalue weighted by Crippen LogP contribution is -2.56. The van der Waals surface area contributed by atoms with E-state index in [1.165, 1.54) is 12.1 Å². The molecule has 1 saturated heterocycles. The highest BCUT2D eigenvalue weighted by molar-refractivity contribution is 5.95. The second-order valence-corrected chi connectivity index (χ2v) is 8.28. The lowest BCUT2D eigenvalue weighted by atomic mass is 9.94. The molecule has 0 saturated carbocycles. The fourth-order valence-electron chi connectivity index (χ4n) is 4.52. The number of likely N-dealkylation sites (N-methyl/N-ethyl adjacent to an activating group) is 1. The van der Waals surface area contributed by atoms with Crippen LogP contribution in [-0.2, 0) is 14.3 Å². The Kier molecular flexibility index (Phi) is 8.07. The topological polar surface area (TPSA) is 82.2 Å². The molecule has 1 aromatic rings. The number of carbonyl (C=O) groups excluding carboxylic acids is 3. The van der Waals surface area contributed by atoms with Gasteiger partial charge in [-0.1, -0.05) is 19.1 Å². The molecule has 1 aromatic carbocycles. The fraction of sp³-hybridized carbons (Fsp3) is 0.542. The zero-order chi connectivity index (χ0) is 24.1. The van der Waals surface area contributed by atoms with Gasteiger partial charge in [0.15, 0.2) is 0 Å². The third-order valence-corrected chi connectivity index (χ3v) is 6.16. The van der Waals surface area contributed by atoms with Gasteiger partial charge in [-0.15, -0.1) is 0 Å². The monoisotopic (exact) mass is 460 g/mol. The molecule has 0 spiro atoms. The van der Waals surface area contributed by atoms with Crippen LogP contribution in [0.5, 0.6) is 0 Å². The molecule has 2 atom stereocenters. The van der Waals surface area contributed by atoms with Gasteiger partial charge in [0.2, 0.25) is 5.91 Å². The molecule has 8 nitrogen and oxygen atoms in total. The molecule has 3 rings (SSSR count). The smallest absolute Gasteiger partial charge is 0.338 e. The van der Waals surface area contributed by atoms with Crippen molar-refractivity contribution in [3.8, 4) is 0 Å². The standard InChI is InChI=1S/C24H33FN4O4/c1-5-20(30)29-13-12-27(14-16(29)4)15-19-21(23(31)33-7-3)22(26-24(32)28(19)6-2)17-8-10-18(25)11-9-17/h8-11,16,22H,5-7,12-15H2,1-4H3,(H,26,32)/t16-,22+/m1/s1. The summed E-state index contributed by atoms with van der Waals surface area (Å²) in [4.78, 5) is 43.9. The van der Waals surface area contributed by atoms with Crippen LogP contribution in [0.4, 0.5) is 9.18 Å². The average Bonchev–Trinajstić information content (AvgIpc) is 2.79. The maximum atomic E-state index is 13.5. The number of benzene rings is 1. The molecule has 180 valence electrons. The predicted molar refractivity (Wildman–Crippen MR) is 122 cm³/mol. The van der Waals surface area contributed by atoms with Crippen molar-refractivity contribution in [3.05, 3.63) is 46.9 Å². The number of ether oxygens (including phenoxy) is 1. The quantitative estimate of drug-likeness (QED) is 0.633. The van der Waals surface area contributed by atoms with Crippen molar-refractivity contribution in [2.45, 2.75) is 46.2 Å². The molecule has 0 radical (unpaired) electrons. The largest absolute Gasteiger partial charge is 0.463 e. The molecule has 1 N–H and O–H groups in total. The van der Waals surface area contributed by atoms with E-state index in [9.17, 15) is 18.8 Å². The minimum atomic E-state index is -0.740. The highest BCUT2D eigenvalue weighted by Gasteiger charge is 2.39. The molecule has 9 heteroatoms. The Morgan fingerprint density at radius 1 is 1.15 bits per heavy atom. The molecular weight excluding hydrogens is 427 g/mol. The fourth-order valence-corrected chi connectivity index (χ4v) is 4.52. The van der Waals surface area contributed by atoms with Crippen molar-refractivity contribution in [3.63, 3.8) is 0 Å². The third-order valence-electron chi connectivity index (χ3n) is 6.16. The number of carbonyl (C=O) groups is 3. The summed E-state index contributed by atoms with van der Waals surface area (Å²) in [5.41, 5.74) is 1.54. The van der Waals surface area contributed by atoms with Crippen molar-refractivity contribution in [2.75, 3.05) is 39.3 Å². The van der Waals surface area contributed by atoms with Crippen molar-refractivity contribution in [1.29, 1.82) is 0 Å². The number of hydrogen-bond donors (Lipinski definition) is 1. The Morgan fingerprint density at radius 2 is 1.85 bits per heavy atom. The first-order valence-electron chi connectivity index (χ1n) is 11.6. The molecule has 3 amide bonds. The highest BCUT2D eigenvalue weighted by Crippen LogP contribution is 2.32. The molecule has 0 aromatic heterocycles. The van der Waals surface area contributed by atoms with Gasteiger partial charge < -0.3 is 15.0 Å². The van der Waals surface area contributed by atoms with Crippen LogP contribution in [0.3, 0.4) is 0 Å². The molecule has 0 bridgehead atoms. The van der Waals surface area contributed by atoms with Gasteiger partial charge in [-0.25, -0.2) is 14.0 Å². The van der Waals surface area contributed by atoms with Gasteiger partial charge in [0.05, 0.1) is 18.2 Å². The molecule has 0 unspecified atom stereocenters. The minimum Gasteiger partial charge on any atom is -0.463 e. The summed E-state index contributed by atoms with van der Waals surface area (Å²) in [6, 6.07) is 4.71.